The Balaban J connectivity index is 1.23. The SMILES string of the molecule is COC1C(OC2C=C3C(O)CC4(O)C(CCC5(C)C(C(C)C=CC(COC6OC(C(O)CO)C(O)C6O)C(C)C)C(O)C(OS(=O)(=O)O)C54)C3(C)CC2)OCC(O)C1O. The van der Waals surface area contributed by atoms with E-state index in [4.69, 9.17) is 27.9 Å². The molecule has 4 aliphatic carbocycles. The number of fused-ring (bicyclic) bond motifs is 5. The first kappa shape index (κ1) is 47.3. The van der Waals surface area contributed by atoms with Crippen molar-refractivity contribution in [2.45, 2.75) is 152 Å². The number of methoxy groups -OCH3 is 1. The third-order valence-electron chi connectivity index (χ3n) is 14.8. The van der Waals surface area contributed by atoms with E-state index in [1.165, 1.54) is 7.11 Å². The second-order valence-electron chi connectivity index (χ2n) is 18.7. The van der Waals surface area contributed by atoms with Gasteiger partial charge in [0, 0.05) is 25.4 Å². The van der Waals surface area contributed by atoms with Crippen molar-refractivity contribution in [3.8, 4) is 0 Å². The van der Waals surface area contributed by atoms with E-state index in [0.29, 0.717) is 31.3 Å². The van der Waals surface area contributed by atoms with Crippen molar-refractivity contribution < 1.29 is 86.8 Å². The van der Waals surface area contributed by atoms with Gasteiger partial charge in [-0.05, 0) is 65.8 Å². The predicted molar refractivity (Wildman–Crippen MR) is 205 cm³/mol. The van der Waals surface area contributed by atoms with Gasteiger partial charge in [0.05, 0.1) is 43.7 Å². The molecule has 21 unspecified atom stereocenters. The molecule has 0 bridgehead atoms. The minimum Gasteiger partial charge on any atom is -0.394 e. The van der Waals surface area contributed by atoms with E-state index in [1.54, 1.807) is 0 Å². The first-order valence-electron chi connectivity index (χ1n) is 20.7. The first-order valence-corrected chi connectivity index (χ1v) is 22.1. The number of rotatable bonds is 14. The summed E-state index contributed by atoms with van der Waals surface area (Å²) in [5.74, 6) is -2.98. The van der Waals surface area contributed by atoms with E-state index in [2.05, 4.69) is 0 Å². The van der Waals surface area contributed by atoms with Gasteiger partial charge in [0.1, 0.15) is 48.8 Å². The van der Waals surface area contributed by atoms with Crippen LogP contribution < -0.4 is 0 Å². The molecule has 340 valence electrons. The summed E-state index contributed by atoms with van der Waals surface area (Å²) in [6, 6.07) is 0. The summed E-state index contributed by atoms with van der Waals surface area (Å²) in [7, 11) is -3.75. The molecule has 2 saturated heterocycles. The van der Waals surface area contributed by atoms with Crippen LogP contribution in [0.25, 0.3) is 0 Å². The molecular formula is C40H66O18S. The minimum absolute atomic E-state index is 0.00680. The largest absolute Gasteiger partial charge is 0.397 e. The third kappa shape index (κ3) is 8.72. The lowest BCUT2D eigenvalue weighted by atomic mass is 9.43. The summed E-state index contributed by atoms with van der Waals surface area (Å²) >= 11 is 0. The molecule has 0 aromatic heterocycles. The Bertz CT molecular complexity index is 1630. The zero-order chi connectivity index (χ0) is 43.6. The van der Waals surface area contributed by atoms with Crippen LogP contribution in [-0.2, 0) is 38.3 Å². The molecule has 10 N–H and O–H groups in total. The average molecular weight is 867 g/mol. The Morgan fingerprint density at radius 1 is 0.949 bits per heavy atom. The molecule has 59 heavy (non-hydrogen) atoms. The topological polar surface area (TPSA) is 292 Å². The van der Waals surface area contributed by atoms with Crippen LogP contribution in [-0.4, -0.2) is 171 Å². The van der Waals surface area contributed by atoms with E-state index < -0.39 is 137 Å². The Hall–Kier alpha value is -1.21. The van der Waals surface area contributed by atoms with E-state index in [9.17, 15) is 58.9 Å². The van der Waals surface area contributed by atoms with E-state index in [-0.39, 0.29) is 31.5 Å². The van der Waals surface area contributed by atoms with Gasteiger partial charge >= 0.3 is 10.4 Å². The molecule has 0 aromatic rings. The lowest BCUT2D eigenvalue weighted by Gasteiger charge is -2.64. The monoisotopic (exact) mass is 866 g/mol. The van der Waals surface area contributed by atoms with Gasteiger partial charge in [-0.1, -0.05) is 52.8 Å². The van der Waals surface area contributed by atoms with Crippen molar-refractivity contribution in [3.05, 3.63) is 23.8 Å². The van der Waals surface area contributed by atoms with Gasteiger partial charge < -0.3 is 69.6 Å². The molecule has 6 rings (SSSR count). The van der Waals surface area contributed by atoms with Crippen LogP contribution in [0.3, 0.4) is 0 Å². The molecule has 18 nitrogen and oxygen atoms in total. The highest BCUT2D eigenvalue weighted by molar-refractivity contribution is 7.80. The zero-order valence-corrected chi connectivity index (χ0v) is 35.3. The number of hydrogen-bond donors (Lipinski definition) is 10. The predicted octanol–water partition coefficient (Wildman–Crippen LogP) is -0.821. The van der Waals surface area contributed by atoms with Crippen LogP contribution in [0.4, 0.5) is 0 Å². The fraction of sp³-hybridized carbons (Fsp3) is 0.900. The van der Waals surface area contributed by atoms with E-state index >= 15 is 0 Å². The highest BCUT2D eigenvalue weighted by Crippen LogP contribution is 2.69. The Labute approximate surface area is 345 Å². The van der Waals surface area contributed by atoms with Gasteiger partial charge in [0.25, 0.3) is 0 Å². The summed E-state index contributed by atoms with van der Waals surface area (Å²) in [5, 5.41) is 97.6. The number of allylic oxidation sites excluding steroid dienone is 1. The molecule has 3 saturated carbocycles. The summed E-state index contributed by atoms with van der Waals surface area (Å²) in [6.07, 6.45) is -8.84. The molecule has 0 aromatic carbocycles. The molecule has 21 atom stereocenters. The fourth-order valence-corrected chi connectivity index (χ4v) is 12.4. The van der Waals surface area contributed by atoms with Crippen LogP contribution >= 0.6 is 0 Å². The van der Waals surface area contributed by atoms with Crippen LogP contribution in [0.1, 0.15) is 66.7 Å². The van der Waals surface area contributed by atoms with Crippen molar-refractivity contribution >= 4 is 10.4 Å². The van der Waals surface area contributed by atoms with Crippen molar-refractivity contribution in [1.29, 1.82) is 0 Å². The Morgan fingerprint density at radius 2 is 1.64 bits per heavy atom. The zero-order valence-electron chi connectivity index (χ0n) is 34.5. The summed E-state index contributed by atoms with van der Waals surface area (Å²) in [5.41, 5.74) is -2.85. The highest BCUT2D eigenvalue weighted by Gasteiger charge is 2.73. The van der Waals surface area contributed by atoms with Gasteiger partial charge in [-0.2, -0.15) is 8.42 Å². The van der Waals surface area contributed by atoms with Crippen molar-refractivity contribution in [2.75, 3.05) is 26.9 Å². The maximum atomic E-state index is 13.0. The highest BCUT2D eigenvalue weighted by atomic mass is 32.3. The van der Waals surface area contributed by atoms with E-state index in [0.717, 1.165) is 0 Å². The van der Waals surface area contributed by atoms with Crippen LogP contribution in [0, 0.1) is 46.3 Å². The quantitative estimate of drug-likeness (QED) is 0.0754. The van der Waals surface area contributed by atoms with Gasteiger partial charge in [-0.25, -0.2) is 4.18 Å². The lowest BCUT2D eigenvalue weighted by Crippen LogP contribution is -2.66. The second-order valence-corrected chi connectivity index (χ2v) is 19.7. The smallest absolute Gasteiger partial charge is 0.394 e. The third-order valence-corrected chi connectivity index (χ3v) is 15.3. The van der Waals surface area contributed by atoms with Crippen molar-refractivity contribution in [2.24, 2.45) is 46.3 Å². The lowest BCUT2D eigenvalue weighted by molar-refractivity contribution is -0.285. The molecule has 2 heterocycles. The molecule has 0 radical (unpaired) electrons. The molecule has 0 amide bonds. The minimum atomic E-state index is -5.12. The van der Waals surface area contributed by atoms with Crippen LogP contribution in [0.5, 0.6) is 0 Å². The maximum absolute atomic E-state index is 13.0. The second kappa shape index (κ2) is 17.8. The van der Waals surface area contributed by atoms with Gasteiger partial charge in [-0.15, -0.1) is 0 Å². The van der Waals surface area contributed by atoms with Gasteiger partial charge in [0.15, 0.2) is 12.6 Å². The number of hydrogen-bond acceptors (Lipinski definition) is 17. The normalized spacial score (nSPS) is 48.0. The molecular weight excluding hydrogens is 800 g/mol. The maximum Gasteiger partial charge on any atom is 0.397 e. The number of aliphatic hydroxyl groups is 9. The molecule has 19 heteroatoms. The molecule has 0 spiro atoms. The average Bonchev–Trinajstić information content (AvgIpc) is 3.56. The first-order chi connectivity index (χ1) is 27.5. The molecule has 5 fully saturated rings. The van der Waals surface area contributed by atoms with Crippen LogP contribution in [0.2, 0.25) is 0 Å². The standard InChI is InChI=1S/C40H66O18S/c1-18(2)20(16-54-36-31(48)30(47)32(57-36)24(43)15-41)8-7-19(3)27-29(46)33(58-59(50,51)52)35-39(27,5)12-10-26-38(4)11-9-21(13-22(38)23(42)14-40(26,35)49)56-37-34(53-6)28(45)25(44)17-55-37/h7-8,13,18-21,23-37,41-49H,9-12,14-17H2,1-6H3,(H,50,51,52). The Kier molecular flexibility index (Phi) is 14.2. The van der Waals surface area contributed by atoms with Crippen molar-refractivity contribution in [1.82, 2.24) is 0 Å². The summed E-state index contributed by atoms with van der Waals surface area (Å²) in [4.78, 5) is 0. The van der Waals surface area contributed by atoms with Gasteiger partial charge in [0.2, 0.25) is 0 Å². The van der Waals surface area contributed by atoms with Crippen LogP contribution in [0.15, 0.2) is 23.8 Å². The Morgan fingerprint density at radius 3 is 2.27 bits per heavy atom. The molecule has 2 aliphatic heterocycles. The van der Waals surface area contributed by atoms with Gasteiger partial charge in [-0.3, -0.25) is 4.55 Å². The molecule has 6 aliphatic rings. The number of ether oxygens (including phenoxy) is 5. The fourth-order valence-electron chi connectivity index (χ4n) is 11.9. The van der Waals surface area contributed by atoms with Crippen molar-refractivity contribution in [3.63, 3.8) is 0 Å². The summed E-state index contributed by atoms with van der Waals surface area (Å²) in [6.45, 7) is 8.79. The summed E-state index contributed by atoms with van der Waals surface area (Å²) < 4.78 is 68.7. The van der Waals surface area contributed by atoms with E-state index in [1.807, 2.05) is 52.8 Å². The number of aliphatic hydroxyl groups excluding tert-OH is 8.